The predicted octanol–water partition coefficient (Wildman–Crippen LogP) is 1.13. The van der Waals surface area contributed by atoms with E-state index in [1.165, 1.54) is 10.6 Å². The monoisotopic (exact) mass is 247 g/mol. The van der Waals surface area contributed by atoms with Crippen LogP contribution < -0.4 is 5.56 Å². The molecule has 3 aromatic heterocycles. The van der Waals surface area contributed by atoms with Gasteiger partial charge in [-0.1, -0.05) is 11.6 Å². The molecule has 17 heavy (non-hydrogen) atoms. The minimum absolute atomic E-state index is 0.207. The minimum atomic E-state index is -0.207. The van der Waals surface area contributed by atoms with Crippen molar-refractivity contribution < 1.29 is 0 Å². The molecule has 0 aliphatic heterocycles. The Hall–Kier alpha value is -2.21. The first-order valence-corrected chi connectivity index (χ1v) is 5.19. The molecule has 0 spiro atoms. The van der Waals surface area contributed by atoms with E-state index in [2.05, 4.69) is 20.3 Å². The van der Waals surface area contributed by atoms with Crippen molar-refractivity contribution in [3.05, 3.63) is 46.0 Å². The van der Waals surface area contributed by atoms with Crippen LogP contribution in [-0.4, -0.2) is 24.8 Å². The first-order chi connectivity index (χ1) is 8.24. The summed E-state index contributed by atoms with van der Waals surface area (Å²) >= 11 is 5.81. The second-order valence-electron chi connectivity index (χ2n) is 3.39. The zero-order chi connectivity index (χ0) is 11.8. The van der Waals surface area contributed by atoms with Crippen LogP contribution >= 0.6 is 11.6 Å². The van der Waals surface area contributed by atoms with E-state index in [0.29, 0.717) is 22.2 Å². The quantitative estimate of drug-likeness (QED) is 0.699. The number of hydrogen-bond acceptors (Lipinski definition) is 4. The van der Waals surface area contributed by atoms with Gasteiger partial charge < -0.3 is 4.98 Å². The Balaban J connectivity index is 2.30. The van der Waals surface area contributed by atoms with Crippen LogP contribution in [0.5, 0.6) is 0 Å². The fourth-order valence-corrected chi connectivity index (χ4v) is 1.67. The van der Waals surface area contributed by atoms with Crippen molar-refractivity contribution in [2.45, 2.75) is 0 Å². The lowest BCUT2D eigenvalue weighted by atomic mass is 10.2. The number of H-pyrrole nitrogens is 1. The van der Waals surface area contributed by atoms with Crippen LogP contribution in [0.25, 0.3) is 17.0 Å². The second-order valence-corrected chi connectivity index (χ2v) is 3.78. The topological polar surface area (TPSA) is 75.9 Å². The average molecular weight is 248 g/mol. The van der Waals surface area contributed by atoms with Crippen LogP contribution in [0, 0.1) is 0 Å². The van der Waals surface area contributed by atoms with Crippen molar-refractivity contribution in [2.24, 2.45) is 0 Å². The molecule has 0 unspecified atom stereocenters. The number of fused-ring (bicyclic) bond motifs is 1. The summed E-state index contributed by atoms with van der Waals surface area (Å²) in [6.07, 6.45) is 1.54. The molecule has 0 bridgehead atoms. The van der Waals surface area contributed by atoms with Gasteiger partial charge in [-0.25, -0.2) is 0 Å². The van der Waals surface area contributed by atoms with Crippen molar-refractivity contribution in [1.29, 1.82) is 0 Å². The van der Waals surface area contributed by atoms with Crippen LogP contribution in [0.4, 0.5) is 0 Å². The number of aromatic nitrogens is 5. The maximum absolute atomic E-state index is 11.2. The fraction of sp³-hybridized carbons (Fsp3) is 0. The molecule has 0 radical (unpaired) electrons. The van der Waals surface area contributed by atoms with Crippen LogP contribution in [0.3, 0.4) is 0 Å². The van der Waals surface area contributed by atoms with Gasteiger partial charge in [-0.2, -0.15) is 9.61 Å². The van der Waals surface area contributed by atoms with Crippen LogP contribution in [0.2, 0.25) is 5.15 Å². The number of pyridine rings is 1. The third-order valence-corrected chi connectivity index (χ3v) is 2.47. The Kier molecular flexibility index (Phi) is 2.15. The molecule has 0 fully saturated rings. The Labute approximate surface area is 99.9 Å². The summed E-state index contributed by atoms with van der Waals surface area (Å²) < 4.78 is 1.50. The van der Waals surface area contributed by atoms with Gasteiger partial charge in [0.15, 0.2) is 11.5 Å². The molecule has 3 aromatic rings. The lowest BCUT2D eigenvalue weighted by molar-refractivity contribution is 0.935. The molecule has 0 aromatic carbocycles. The van der Waals surface area contributed by atoms with E-state index in [1.807, 2.05) is 0 Å². The molecule has 1 N–H and O–H groups in total. The molecule has 0 aliphatic carbocycles. The Morgan fingerprint density at radius 2 is 2.12 bits per heavy atom. The molecule has 84 valence electrons. The minimum Gasteiger partial charge on any atom is -0.329 e. The first kappa shape index (κ1) is 9.98. The zero-order valence-electron chi connectivity index (χ0n) is 8.46. The molecule has 3 rings (SSSR count). The lowest BCUT2D eigenvalue weighted by Crippen LogP contribution is -2.04. The molecule has 3 heterocycles. The van der Waals surface area contributed by atoms with E-state index < -0.39 is 0 Å². The highest BCUT2D eigenvalue weighted by Crippen LogP contribution is 2.16. The summed E-state index contributed by atoms with van der Waals surface area (Å²) in [5, 5.41) is 12.4. The molecule has 0 saturated carbocycles. The highest BCUT2D eigenvalue weighted by molar-refractivity contribution is 6.29. The summed E-state index contributed by atoms with van der Waals surface area (Å²) in [6.45, 7) is 0. The molecular formula is C10H6ClN5O. The zero-order valence-corrected chi connectivity index (χ0v) is 9.22. The van der Waals surface area contributed by atoms with Crippen molar-refractivity contribution in [2.75, 3.05) is 0 Å². The van der Waals surface area contributed by atoms with Gasteiger partial charge in [-0.05, 0) is 18.2 Å². The highest BCUT2D eigenvalue weighted by Gasteiger charge is 2.09. The van der Waals surface area contributed by atoms with E-state index in [1.54, 1.807) is 24.4 Å². The summed E-state index contributed by atoms with van der Waals surface area (Å²) in [5.41, 5.74) is 1.00. The molecule has 6 nitrogen and oxygen atoms in total. The number of aromatic amines is 1. The summed E-state index contributed by atoms with van der Waals surface area (Å²) in [7, 11) is 0. The predicted molar refractivity (Wildman–Crippen MR) is 61.8 cm³/mol. The summed E-state index contributed by atoms with van der Waals surface area (Å²) in [5.74, 6) is 0.480. The number of rotatable bonds is 1. The van der Waals surface area contributed by atoms with Crippen molar-refractivity contribution >= 4 is 17.2 Å². The first-order valence-electron chi connectivity index (χ1n) is 4.81. The van der Waals surface area contributed by atoms with Crippen molar-refractivity contribution in [3.63, 3.8) is 0 Å². The van der Waals surface area contributed by atoms with Gasteiger partial charge >= 0.3 is 0 Å². The average Bonchev–Trinajstić information content (AvgIpc) is 2.71. The van der Waals surface area contributed by atoms with E-state index in [-0.39, 0.29) is 5.56 Å². The Morgan fingerprint density at radius 3 is 2.94 bits per heavy atom. The molecule has 0 atom stereocenters. The molecular weight excluding hydrogens is 242 g/mol. The third kappa shape index (κ3) is 1.68. The highest BCUT2D eigenvalue weighted by atomic mass is 35.5. The van der Waals surface area contributed by atoms with Gasteiger partial charge in [-0.3, -0.25) is 4.79 Å². The van der Waals surface area contributed by atoms with Gasteiger partial charge in [0.25, 0.3) is 0 Å². The van der Waals surface area contributed by atoms with Crippen LogP contribution in [-0.2, 0) is 0 Å². The van der Waals surface area contributed by atoms with Crippen LogP contribution in [0.15, 0.2) is 35.3 Å². The summed E-state index contributed by atoms with van der Waals surface area (Å²) in [6, 6.07) is 6.49. The number of halogens is 1. The van der Waals surface area contributed by atoms with Gasteiger partial charge in [0.05, 0.1) is 0 Å². The van der Waals surface area contributed by atoms with Gasteiger partial charge in [0.2, 0.25) is 5.56 Å². The molecule has 0 saturated heterocycles. The van der Waals surface area contributed by atoms with E-state index in [4.69, 9.17) is 11.6 Å². The third-order valence-electron chi connectivity index (χ3n) is 2.26. The van der Waals surface area contributed by atoms with Crippen molar-refractivity contribution in [3.8, 4) is 11.4 Å². The molecule has 0 amide bonds. The number of nitrogens with zero attached hydrogens (tertiary/aromatic N) is 4. The second kappa shape index (κ2) is 3.67. The van der Waals surface area contributed by atoms with Gasteiger partial charge in [-0.15, -0.1) is 10.2 Å². The van der Waals surface area contributed by atoms with Crippen LogP contribution in [0.1, 0.15) is 0 Å². The van der Waals surface area contributed by atoms with Gasteiger partial charge in [0.1, 0.15) is 5.15 Å². The SMILES string of the molecule is O=c1cc(-c2nnc3ccc(Cl)nn23)cc[nH]1. The maximum Gasteiger partial charge on any atom is 0.248 e. The number of nitrogens with one attached hydrogen (secondary N) is 1. The van der Waals surface area contributed by atoms with E-state index in [9.17, 15) is 4.79 Å². The Bertz CT molecular complexity index is 748. The summed E-state index contributed by atoms with van der Waals surface area (Å²) in [4.78, 5) is 13.8. The standard InChI is InChI=1S/C10H6ClN5O/c11-7-1-2-8-13-14-10(16(8)15-7)6-3-4-12-9(17)5-6/h1-5H,(H,12,17). The lowest BCUT2D eigenvalue weighted by Gasteiger charge is -1.98. The van der Waals surface area contributed by atoms with E-state index in [0.717, 1.165) is 0 Å². The molecule has 7 heteroatoms. The van der Waals surface area contributed by atoms with Crippen molar-refractivity contribution in [1.82, 2.24) is 24.8 Å². The van der Waals surface area contributed by atoms with Gasteiger partial charge in [0, 0.05) is 17.8 Å². The largest absolute Gasteiger partial charge is 0.329 e. The van der Waals surface area contributed by atoms with E-state index >= 15 is 0 Å². The number of hydrogen-bond donors (Lipinski definition) is 1. The fourth-order valence-electron chi connectivity index (χ4n) is 1.53. The maximum atomic E-state index is 11.2. The normalized spacial score (nSPS) is 10.9. The molecule has 0 aliphatic rings. The Morgan fingerprint density at radius 1 is 1.24 bits per heavy atom. The smallest absolute Gasteiger partial charge is 0.248 e.